The van der Waals surface area contributed by atoms with Gasteiger partial charge in [-0.05, 0) is 26.5 Å². The van der Waals surface area contributed by atoms with Crippen LogP contribution in [0.1, 0.15) is 32.0 Å². The van der Waals surface area contributed by atoms with Crippen LogP contribution in [-0.4, -0.2) is 53.3 Å². The van der Waals surface area contributed by atoms with E-state index in [9.17, 15) is 4.79 Å². The molecule has 0 radical (unpaired) electrons. The molecule has 1 aliphatic rings. The van der Waals surface area contributed by atoms with E-state index in [1.807, 2.05) is 24.0 Å². The van der Waals surface area contributed by atoms with Crippen LogP contribution in [-0.2, 0) is 16.0 Å². The SMILES string of the molecule is CCC(C)n1ccc(CC(=O)C2CN(C)CCO2)n1. The maximum Gasteiger partial charge on any atom is 0.168 e. The van der Waals surface area contributed by atoms with Crippen LogP contribution in [0.4, 0.5) is 0 Å². The van der Waals surface area contributed by atoms with Crippen molar-refractivity contribution in [2.24, 2.45) is 0 Å². The van der Waals surface area contributed by atoms with E-state index in [0.29, 0.717) is 25.6 Å². The van der Waals surface area contributed by atoms with Gasteiger partial charge in [-0.1, -0.05) is 6.92 Å². The fraction of sp³-hybridized carbons (Fsp3) is 0.714. The molecule has 0 spiro atoms. The molecule has 0 N–H and O–H groups in total. The predicted molar refractivity (Wildman–Crippen MR) is 73.2 cm³/mol. The number of ether oxygens (including phenoxy) is 1. The Morgan fingerprint density at radius 3 is 3.11 bits per heavy atom. The highest BCUT2D eigenvalue weighted by atomic mass is 16.5. The predicted octanol–water partition coefficient (Wildman–Crippen LogP) is 1.30. The van der Waals surface area contributed by atoms with Gasteiger partial charge in [-0.15, -0.1) is 0 Å². The van der Waals surface area contributed by atoms with E-state index in [1.54, 1.807) is 0 Å². The van der Waals surface area contributed by atoms with E-state index in [-0.39, 0.29) is 11.9 Å². The maximum atomic E-state index is 12.2. The zero-order valence-electron chi connectivity index (χ0n) is 12.0. The number of carbonyl (C=O) groups is 1. The highest BCUT2D eigenvalue weighted by Gasteiger charge is 2.25. The van der Waals surface area contributed by atoms with Crippen molar-refractivity contribution in [3.05, 3.63) is 18.0 Å². The zero-order chi connectivity index (χ0) is 13.8. The summed E-state index contributed by atoms with van der Waals surface area (Å²) in [4.78, 5) is 14.3. The normalized spacial score (nSPS) is 22.4. The van der Waals surface area contributed by atoms with Crippen LogP contribution < -0.4 is 0 Å². The smallest absolute Gasteiger partial charge is 0.168 e. The summed E-state index contributed by atoms with van der Waals surface area (Å²) in [6.07, 6.45) is 3.05. The highest BCUT2D eigenvalue weighted by molar-refractivity contribution is 5.85. The van der Waals surface area contributed by atoms with Gasteiger partial charge in [-0.25, -0.2) is 0 Å². The van der Waals surface area contributed by atoms with Gasteiger partial charge in [0.2, 0.25) is 0 Å². The maximum absolute atomic E-state index is 12.2. The molecule has 19 heavy (non-hydrogen) atoms. The minimum Gasteiger partial charge on any atom is -0.368 e. The van der Waals surface area contributed by atoms with E-state index in [2.05, 4.69) is 23.8 Å². The number of carbonyl (C=O) groups excluding carboxylic acids is 1. The monoisotopic (exact) mass is 265 g/mol. The summed E-state index contributed by atoms with van der Waals surface area (Å²) in [5.74, 6) is 0.126. The van der Waals surface area contributed by atoms with E-state index in [4.69, 9.17) is 4.74 Å². The number of hydrogen-bond donors (Lipinski definition) is 0. The molecule has 5 heteroatoms. The first kappa shape index (κ1) is 14.2. The van der Waals surface area contributed by atoms with Crippen LogP contribution >= 0.6 is 0 Å². The number of aromatic nitrogens is 2. The van der Waals surface area contributed by atoms with Crippen LogP contribution in [0.15, 0.2) is 12.3 Å². The molecule has 0 aromatic carbocycles. The van der Waals surface area contributed by atoms with Gasteiger partial charge in [0.15, 0.2) is 5.78 Å². The van der Waals surface area contributed by atoms with E-state index < -0.39 is 0 Å². The van der Waals surface area contributed by atoms with Gasteiger partial charge in [0.25, 0.3) is 0 Å². The molecule has 2 rings (SSSR count). The molecule has 106 valence electrons. The van der Waals surface area contributed by atoms with Gasteiger partial charge in [-0.3, -0.25) is 9.48 Å². The molecule has 1 aromatic rings. The van der Waals surface area contributed by atoms with Gasteiger partial charge < -0.3 is 9.64 Å². The van der Waals surface area contributed by atoms with Gasteiger partial charge in [-0.2, -0.15) is 5.10 Å². The van der Waals surface area contributed by atoms with Crippen LogP contribution in [0.2, 0.25) is 0 Å². The summed E-state index contributed by atoms with van der Waals surface area (Å²) in [6, 6.07) is 2.30. The summed E-state index contributed by atoms with van der Waals surface area (Å²) >= 11 is 0. The van der Waals surface area contributed by atoms with Crippen LogP contribution in [0.5, 0.6) is 0 Å². The minimum absolute atomic E-state index is 0.126. The lowest BCUT2D eigenvalue weighted by Crippen LogP contribution is -2.44. The molecule has 1 saturated heterocycles. The summed E-state index contributed by atoms with van der Waals surface area (Å²) in [5.41, 5.74) is 0.835. The first-order chi connectivity index (χ1) is 9.10. The van der Waals surface area contributed by atoms with Gasteiger partial charge in [0.05, 0.1) is 18.7 Å². The first-order valence-corrected chi connectivity index (χ1v) is 6.97. The Bertz CT molecular complexity index is 430. The molecule has 2 atom stereocenters. The highest BCUT2D eigenvalue weighted by Crippen LogP contribution is 2.11. The largest absolute Gasteiger partial charge is 0.368 e. The minimum atomic E-state index is -0.299. The molecule has 1 fully saturated rings. The third kappa shape index (κ3) is 3.64. The fourth-order valence-corrected chi connectivity index (χ4v) is 2.17. The summed E-state index contributed by atoms with van der Waals surface area (Å²) in [5, 5.41) is 4.46. The van der Waals surface area contributed by atoms with Crippen molar-refractivity contribution >= 4 is 5.78 Å². The van der Waals surface area contributed by atoms with Crippen LogP contribution in [0.3, 0.4) is 0 Å². The number of hydrogen-bond acceptors (Lipinski definition) is 4. The number of morpholine rings is 1. The molecule has 0 saturated carbocycles. The number of likely N-dealkylation sites (N-methyl/N-ethyl adjacent to an activating group) is 1. The lowest BCUT2D eigenvalue weighted by atomic mass is 10.1. The number of rotatable bonds is 5. The van der Waals surface area contributed by atoms with Crippen molar-refractivity contribution in [1.82, 2.24) is 14.7 Å². The van der Waals surface area contributed by atoms with Crippen molar-refractivity contribution in [3.8, 4) is 0 Å². The third-order valence-electron chi connectivity index (χ3n) is 3.69. The Hall–Kier alpha value is -1.20. The standard InChI is InChI=1S/C14H23N3O2/c1-4-11(2)17-6-5-12(15-17)9-13(18)14-10-16(3)7-8-19-14/h5-6,11,14H,4,7-10H2,1-3H3. The third-order valence-corrected chi connectivity index (χ3v) is 3.69. The quantitative estimate of drug-likeness (QED) is 0.805. The van der Waals surface area contributed by atoms with Crippen molar-refractivity contribution in [2.75, 3.05) is 26.7 Å². The molecule has 2 unspecified atom stereocenters. The van der Waals surface area contributed by atoms with Gasteiger partial charge in [0.1, 0.15) is 6.10 Å². The molecule has 5 nitrogen and oxygen atoms in total. The van der Waals surface area contributed by atoms with Gasteiger partial charge in [0, 0.05) is 25.3 Å². The lowest BCUT2D eigenvalue weighted by Gasteiger charge is -2.28. The van der Waals surface area contributed by atoms with Crippen LogP contribution in [0, 0.1) is 0 Å². The lowest BCUT2D eigenvalue weighted by molar-refractivity contribution is -0.134. The Morgan fingerprint density at radius 2 is 2.42 bits per heavy atom. The first-order valence-electron chi connectivity index (χ1n) is 6.97. The number of Topliss-reactive ketones (excluding diaryl/α,β-unsaturated/α-hetero) is 1. The Kier molecular flexibility index (Phi) is 4.71. The molecule has 2 heterocycles. The van der Waals surface area contributed by atoms with Crippen LogP contribution in [0.25, 0.3) is 0 Å². The second-order valence-corrected chi connectivity index (χ2v) is 5.31. The Labute approximate surface area is 114 Å². The molecule has 1 aromatic heterocycles. The van der Waals surface area contributed by atoms with E-state index in [0.717, 1.165) is 18.7 Å². The van der Waals surface area contributed by atoms with Crippen molar-refractivity contribution in [1.29, 1.82) is 0 Å². The topological polar surface area (TPSA) is 47.4 Å². The Morgan fingerprint density at radius 1 is 1.63 bits per heavy atom. The van der Waals surface area contributed by atoms with Crippen molar-refractivity contribution in [3.63, 3.8) is 0 Å². The molecule has 0 aliphatic carbocycles. The fourth-order valence-electron chi connectivity index (χ4n) is 2.17. The number of ketones is 1. The Balaban J connectivity index is 1.93. The number of nitrogens with zero attached hydrogens (tertiary/aromatic N) is 3. The van der Waals surface area contributed by atoms with E-state index in [1.165, 1.54) is 0 Å². The molecule has 1 aliphatic heterocycles. The molecule has 0 amide bonds. The van der Waals surface area contributed by atoms with Crippen molar-refractivity contribution in [2.45, 2.75) is 38.8 Å². The summed E-state index contributed by atoms with van der Waals surface area (Å²) in [6.45, 7) is 6.46. The van der Waals surface area contributed by atoms with E-state index >= 15 is 0 Å². The summed E-state index contributed by atoms with van der Waals surface area (Å²) in [7, 11) is 2.01. The van der Waals surface area contributed by atoms with Gasteiger partial charge >= 0.3 is 0 Å². The average molecular weight is 265 g/mol. The molecule has 0 bridgehead atoms. The average Bonchev–Trinajstić information content (AvgIpc) is 2.86. The molecular formula is C14H23N3O2. The second-order valence-electron chi connectivity index (χ2n) is 5.31. The van der Waals surface area contributed by atoms with Crippen molar-refractivity contribution < 1.29 is 9.53 Å². The second kappa shape index (κ2) is 6.30. The zero-order valence-corrected chi connectivity index (χ0v) is 12.0. The molecular weight excluding hydrogens is 242 g/mol. The summed E-state index contributed by atoms with van der Waals surface area (Å²) < 4.78 is 7.46.